The quantitative estimate of drug-likeness (QED) is 0.918. The topological polar surface area (TPSA) is 33.1 Å². The van der Waals surface area contributed by atoms with Crippen molar-refractivity contribution in [1.29, 1.82) is 0 Å². The molecule has 0 spiro atoms. The van der Waals surface area contributed by atoms with E-state index in [1.807, 2.05) is 11.7 Å². The Balaban J connectivity index is 2.20. The second kappa shape index (κ2) is 5.49. The summed E-state index contributed by atoms with van der Waals surface area (Å²) in [6.45, 7) is 14.4. The minimum absolute atomic E-state index is 0.187. The molecule has 1 aromatic heterocycles. The minimum Gasteiger partial charge on any atom is -0.308 e. The maximum Gasteiger partial charge on any atom is 0.0597 e. The van der Waals surface area contributed by atoms with E-state index in [2.05, 4.69) is 56.0 Å². The Morgan fingerprint density at radius 2 is 1.95 bits per heavy atom. The zero-order valence-corrected chi connectivity index (χ0v) is 14.0. The lowest BCUT2D eigenvalue weighted by atomic mass is 9.85. The molecular formula is C16H30N4. The zero-order chi connectivity index (χ0) is 15.0. The van der Waals surface area contributed by atoms with Crippen molar-refractivity contribution in [3.8, 4) is 0 Å². The molecular weight excluding hydrogens is 248 g/mol. The molecule has 1 saturated heterocycles. The van der Waals surface area contributed by atoms with E-state index in [-0.39, 0.29) is 11.1 Å². The molecule has 0 aliphatic carbocycles. The first kappa shape index (κ1) is 15.5. The molecule has 0 saturated carbocycles. The van der Waals surface area contributed by atoms with Crippen LogP contribution in [-0.2, 0) is 13.6 Å². The van der Waals surface area contributed by atoms with Crippen LogP contribution in [0.4, 0.5) is 0 Å². The van der Waals surface area contributed by atoms with Crippen LogP contribution in [0.1, 0.15) is 51.9 Å². The van der Waals surface area contributed by atoms with Crippen molar-refractivity contribution in [2.75, 3.05) is 13.1 Å². The highest BCUT2D eigenvalue weighted by Gasteiger charge is 2.40. The van der Waals surface area contributed by atoms with Crippen molar-refractivity contribution in [1.82, 2.24) is 20.0 Å². The Morgan fingerprint density at radius 1 is 1.30 bits per heavy atom. The van der Waals surface area contributed by atoms with Crippen molar-refractivity contribution < 1.29 is 0 Å². The SMILES string of the molecule is CCC1(CC)CN(Cc2cc(C)nn2C)C(C)(C)CN1. The highest BCUT2D eigenvalue weighted by Crippen LogP contribution is 2.29. The summed E-state index contributed by atoms with van der Waals surface area (Å²) in [7, 11) is 2.05. The summed E-state index contributed by atoms with van der Waals surface area (Å²) >= 11 is 0. The van der Waals surface area contributed by atoms with Gasteiger partial charge in [-0.3, -0.25) is 9.58 Å². The third-order valence-corrected chi connectivity index (χ3v) is 5.05. The van der Waals surface area contributed by atoms with Gasteiger partial charge in [0.2, 0.25) is 0 Å². The van der Waals surface area contributed by atoms with Crippen LogP contribution in [0.15, 0.2) is 6.07 Å². The molecule has 1 aromatic rings. The Bertz CT molecular complexity index is 457. The van der Waals surface area contributed by atoms with E-state index < -0.39 is 0 Å². The van der Waals surface area contributed by atoms with Crippen LogP contribution in [-0.4, -0.2) is 38.8 Å². The van der Waals surface area contributed by atoms with Crippen LogP contribution in [0.5, 0.6) is 0 Å². The van der Waals surface area contributed by atoms with Crippen LogP contribution in [0.2, 0.25) is 0 Å². The van der Waals surface area contributed by atoms with E-state index in [4.69, 9.17) is 0 Å². The summed E-state index contributed by atoms with van der Waals surface area (Å²) in [5.41, 5.74) is 2.86. The molecule has 0 radical (unpaired) electrons. The Hall–Kier alpha value is -0.870. The van der Waals surface area contributed by atoms with Crippen molar-refractivity contribution in [2.24, 2.45) is 7.05 Å². The van der Waals surface area contributed by atoms with Crippen molar-refractivity contribution in [3.63, 3.8) is 0 Å². The highest BCUT2D eigenvalue weighted by atomic mass is 15.3. The highest BCUT2D eigenvalue weighted by molar-refractivity contribution is 5.11. The fraction of sp³-hybridized carbons (Fsp3) is 0.812. The van der Waals surface area contributed by atoms with Crippen LogP contribution in [0, 0.1) is 6.92 Å². The molecule has 4 heteroatoms. The van der Waals surface area contributed by atoms with E-state index >= 15 is 0 Å². The van der Waals surface area contributed by atoms with E-state index in [1.165, 1.54) is 18.5 Å². The van der Waals surface area contributed by atoms with Crippen molar-refractivity contribution in [2.45, 2.75) is 65.1 Å². The van der Waals surface area contributed by atoms with Crippen molar-refractivity contribution in [3.05, 3.63) is 17.5 Å². The van der Waals surface area contributed by atoms with Gasteiger partial charge in [-0.2, -0.15) is 5.10 Å². The number of rotatable bonds is 4. The van der Waals surface area contributed by atoms with Crippen LogP contribution < -0.4 is 5.32 Å². The Kier molecular flexibility index (Phi) is 4.26. The second-order valence-electron chi connectivity index (χ2n) is 6.91. The number of hydrogen-bond donors (Lipinski definition) is 1. The molecule has 114 valence electrons. The lowest BCUT2D eigenvalue weighted by Gasteiger charge is -2.52. The molecule has 0 amide bonds. The molecule has 2 heterocycles. The van der Waals surface area contributed by atoms with Gasteiger partial charge in [0.1, 0.15) is 0 Å². The molecule has 0 atom stereocenters. The number of piperazine rings is 1. The molecule has 0 bridgehead atoms. The number of nitrogens with zero attached hydrogens (tertiary/aromatic N) is 3. The summed E-state index contributed by atoms with van der Waals surface area (Å²) in [5.74, 6) is 0. The van der Waals surface area contributed by atoms with Gasteiger partial charge in [0.15, 0.2) is 0 Å². The van der Waals surface area contributed by atoms with Gasteiger partial charge in [-0.15, -0.1) is 0 Å². The predicted molar refractivity (Wildman–Crippen MR) is 83.7 cm³/mol. The average molecular weight is 278 g/mol. The van der Waals surface area contributed by atoms with Crippen LogP contribution in [0.25, 0.3) is 0 Å². The van der Waals surface area contributed by atoms with Gasteiger partial charge >= 0.3 is 0 Å². The van der Waals surface area contributed by atoms with Gasteiger partial charge in [0.25, 0.3) is 0 Å². The van der Waals surface area contributed by atoms with Gasteiger partial charge in [-0.25, -0.2) is 0 Å². The molecule has 20 heavy (non-hydrogen) atoms. The van der Waals surface area contributed by atoms with E-state index in [0.29, 0.717) is 0 Å². The zero-order valence-electron chi connectivity index (χ0n) is 14.0. The first-order chi connectivity index (χ1) is 9.32. The van der Waals surface area contributed by atoms with Gasteiger partial charge in [0, 0.05) is 37.8 Å². The average Bonchev–Trinajstić information content (AvgIpc) is 2.71. The summed E-state index contributed by atoms with van der Waals surface area (Å²) in [5, 5.41) is 8.27. The number of aryl methyl sites for hydroxylation is 2. The fourth-order valence-corrected chi connectivity index (χ4v) is 3.15. The smallest absolute Gasteiger partial charge is 0.0597 e. The lowest BCUT2D eigenvalue weighted by molar-refractivity contribution is 0.0145. The molecule has 2 rings (SSSR count). The number of aromatic nitrogens is 2. The van der Waals surface area contributed by atoms with Crippen LogP contribution in [0.3, 0.4) is 0 Å². The third-order valence-electron chi connectivity index (χ3n) is 5.05. The molecule has 0 unspecified atom stereocenters. The second-order valence-corrected chi connectivity index (χ2v) is 6.91. The van der Waals surface area contributed by atoms with Gasteiger partial charge < -0.3 is 5.32 Å². The first-order valence-corrected chi connectivity index (χ1v) is 7.81. The standard InChI is InChI=1S/C16H30N4/c1-7-16(8-2)12-20(15(4,5)11-17-16)10-14-9-13(3)18-19(14)6/h9,17H,7-8,10-12H2,1-6H3. The minimum atomic E-state index is 0.187. The molecule has 4 nitrogen and oxygen atoms in total. The van der Waals surface area contributed by atoms with E-state index in [1.54, 1.807) is 0 Å². The summed E-state index contributed by atoms with van der Waals surface area (Å²) in [6.07, 6.45) is 2.36. The number of nitrogens with one attached hydrogen (secondary N) is 1. The summed E-state index contributed by atoms with van der Waals surface area (Å²) < 4.78 is 2.02. The summed E-state index contributed by atoms with van der Waals surface area (Å²) in [4.78, 5) is 2.62. The van der Waals surface area contributed by atoms with Gasteiger partial charge in [0.05, 0.1) is 11.4 Å². The van der Waals surface area contributed by atoms with E-state index in [9.17, 15) is 0 Å². The molecule has 0 aromatic carbocycles. The first-order valence-electron chi connectivity index (χ1n) is 7.81. The van der Waals surface area contributed by atoms with Crippen molar-refractivity contribution >= 4 is 0 Å². The molecule has 1 aliphatic heterocycles. The third kappa shape index (κ3) is 2.91. The molecule has 1 N–H and O–H groups in total. The largest absolute Gasteiger partial charge is 0.308 e. The number of hydrogen-bond acceptors (Lipinski definition) is 3. The maximum absolute atomic E-state index is 4.48. The Labute approximate surface area is 123 Å². The predicted octanol–water partition coefficient (Wildman–Crippen LogP) is 2.47. The summed E-state index contributed by atoms with van der Waals surface area (Å²) in [6, 6.07) is 2.21. The normalized spacial score (nSPS) is 22.1. The molecule has 1 fully saturated rings. The van der Waals surface area contributed by atoms with Gasteiger partial charge in [-0.1, -0.05) is 13.8 Å². The van der Waals surface area contributed by atoms with E-state index in [0.717, 1.165) is 25.3 Å². The Morgan fingerprint density at radius 3 is 2.45 bits per heavy atom. The monoisotopic (exact) mass is 278 g/mol. The molecule has 1 aliphatic rings. The van der Waals surface area contributed by atoms with Gasteiger partial charge in [-0.05, 0) is 39.7 Å². The fourth-order valence-electron chi connectivity index (χ4n) is 3.15. The maximum atomic E-state index is 4.48. The van der Waals surface area contributed by atoms with Crippen LogP contribution >= 0.6 is 0 Å². The lowest BCUT2D eigenvalue weighted by Crippen LogP contribution is -2.67.